The lowest BCUT2D eigenvalue weighted by Gasteiger charge is -2.05. The van der Waals surface area contributed by atoms with E-state index in [0.29, 0.717) is 15.9 Å². The summed E-state index contributed by atoms with van der Waals surface area (Å²) in [6, 6.07) is 9.05. The number of aromatic amines is 1. The third kappa shape index (κ3) is 2.35. The summed E-state index contributed by atoms with van der Waals surface area (Å²) in [5.41, 5.74) is 9.21. The van der Waals surface area contributed by atoms with Crippen LogP contribution < -0.4 is 5.73 Å². The van der Waals surface area contributed by atoms with Gasteiger partial charge in [-0.1, -0.05) is 29.3 Å². The van der Waals surface area contributed by atoms with Crippen LogP contribution in [0.5, 0.6) is 0 Å². The Morgan fingerprint density at radius 3 is 2.45 bits per heavy atom. The van der Waals surface area contributed by atoms with Crippen molar-refractivity contribution < 1.29 is 0 Å². The van der Waals surface area contributed by atoms with Crippen LogP contribution in [-0.4, -0.2) is 15.2 Å². The Bertz CT molecular complexity index is 733. The zero-order valence-electron chi connectivity index (χ0n) is 10.3. The summed E-state index contributed by atoms with van der Waals surface area (Å²) in [7, 11) is 0. The van der Waals surface area contributed by atoms with Crippen molar-refractivity contribution in [2.45, 2.75) is 0 Å². The van der Waals surface area contributed by atoms with Crippen molar-refractivity contribution in [3.63, 3.8) is 0 Å². The van der Waals surface area contributed by atoms with Gasteiger partial charge in [0.25, 0.3) is 0 Å². The Kier molecular flexibility index (Phi) is 3.34. The second kappa shape index (κ2) is 5.15. The first kappa shape index (κ1) is 13.0. The van der Waals surface area contributed by atoms with E-state index in [1.165, 1.54) is 0 Å². The van der Waals surface area contributed by atoms with E-state index in [-0.39, 0.29) is 0 Å². The van der Waals surface area contributed by atoms with Gasteiger partial charge in [-0.3, -0.25) is 10.1 Å². The number of hydrogen-bond donors (Lipinski definition) is 2. The van der Waals surface area contributed by atoms with Crippen molar-refractivity contribution >= 4 is 29.0 Å². The molecule has 3 N–H and O–H groups in total. The Balaban J connectivity index is 2.21. The number of aromatic nitrogens is 3. The highest BCUT2D eigenvalue weighted by molar-refractivity contribution is 6.35. The maximum absolute atomic E-state index is 6.04. The predicted molar refractivity (Wildman–Crippen MR) is 81.7 cm³/mol. The summed E-state index contributed by atoms with van der Waals surface area (Å²) in [5.74, 6) is 0.407. The number of hydrogen-bond acceptors (Lipinski definition) is 3. The quantitative estimate of drug-likeness (QED) is 0.751. The van der Waals surface area contributed by atoms with Gasteiger partial charge < -0.3 is 5.73 Å². The normalized spacial score (nSPS) is 10.7. The fourth-order valence-electron chi connectivity index (χ4n) is 2.07. The second-order valence-corrected chi connectivity index (χ2v) is 5.13. The van der Waals surface area contributed by atoms with Crippen LogP contribution in [0.25, 0.3) is 22.4 Å². The minimum atomic E-state index is 0.407. The van der Waals surface area contributed by atoms with Crippen molar-refractivity contribution in [3.05, 3.63) is 52.8 Å². The molecule has 0 bridgehead atoms. The molecule has 0 unspecified atom stereocenters. The molecule has 1 aromatic carbocycles. The molecule has 2 aromatic heterocycles. The van der Waals surface area contributed by atoms with Gasteiger partial charge in [0.2, 0.25) is 0 Å². The topological polar surface area (TPSA) is 67.6 Å². The van der Waals surface area contributed by atoms with E-state index in [1.807, 2.05) is 12.1 Å². The molecule has 2 heterocycles. The molecule has 100 valence electrons. The van der Waals surface area contributed by atoms with Crippen molar-refractivity contribution in [1.82, 2.24) is 15.2 Å². The molecular weight excluding hydrogens is 295 g/mol. The van der Waals surface area contributed by atoms with Gasteiger partial charge in [0.1, 0.15) is 0 Å². The maximum atomic E-state index is 6.04. The Morgan fingerprint density at radius 1 is 1.05 bits per heavy atom. The second-order valence-electron chi connectivity index (χ2n) is 4.26. The van der Waals surface area contributed by atoms with Gasteiger partial charge in [0.15, 0.2) is 5.82 Å². The van der Waals surface area contributed by atoms with E-state index in [2.05, 4.69) is 15.2 Å². The van der Waals surface area contributed by atoms with E-state index in [4.69, 9.17) is 28.9 Å². The number of nitrogens with one attached hydrogen (secondary N) is 1. The van der Waals surface area contributed by atoms with Crippen LogP contribution in [0.1, 0.15) is 0 Å². The lowest BCUT2D eigenvalue weighted by molar-refractivity contribution is 1.10. The summed E-state index contributed by atoms with van der Waals surface area (Å²) in [6.07, 6.45) is 3.44. The molecule has 0 saturated carbocycles. The zero-order chi connectivity index (χ0) is 14.1. The lowest BCUT2D eigenvalue weighted by atomic mass is 10.0. The summed E-state index contributed by atoms with van der Waals surface area (Å²) in [6.45, 7) is 0. The largest absolute Gasteiger partial charge is 0.382 e. The lowest BCUT2D eigenvalue weighted by Crippen LogP contribution is -1.89. The van der Waals surface area contributed by atoms with Crippen LogP contribution in [-0.2, 0) is 0 Å². The van der Waals surface area contributed by atoms with Gasteiger partial charge in [0.05, 0.1) is 11.3 Å². The van der Waals surface area contributed by atoms with Crippen LogP contribution in [0.4, 0.5) is 5.82 Å². The fraction of sp³-hybridized carbons (Fsp3) is 0. The zero-order valence-corrected chi connectivity index (χ0v) is 11.8. The van der Waals surface area contributed by atoms with Crippen molar-refractivity contribution in [2.24, 2.45) is 0 Å². The maximum Gasteiger partial charge on any atom is 0.153 e. The minimum Gasteiger partial charge on any atom is -0.382 e. The van der Waals surface area contributed by atoms with Gasteiger partial charge in [-0.15, -0.1) is 0 Å². The molecule has 3 aromatic rings. The van der Waals surface area contributed by atoms with Crippen LogP contribution in [0.15, 0.2) is 42.7 Å². The Hall–Kier alpha value is -2.04. The standard InChI is InChI=1S/C14H10Cl2N4/c15-10-4-9(5-11(16)6-10)13-12(14(17)20-19-13)8-2-1-3-18-7-8/h1-7H,(H3,17,19,20). The Labute approximate surface area is 125 Å². The molecular formula is C14H10Cl2N4. The molecule has 0 amide bonds. The van der Waals surface area contributed by atoms with Gasteiger partial charge in [-0.25, -0.2) is 0 Å². The number of halogens is 2. The molecule has 0 spiro atoms. The van der Waals surface area contributed by atoms with Crippen LogP contribution in [0, 0.1) is 0 Å². The van der Waals surface area contributed by atoms with E-state index in [9.17, 15) is 0 Å². The minimum absolute atomic E-state index is 0.407. The molecule has 0 atom stereocenters. The van der Waals surface area contributed by atoms with E-state index in [0.717, 1.165) is 22.4 Å². The first-order valence-corrected chi connectivity index (χ1v) is 6.61. The molecule has 3 rings (SSSR count). The van der Waals surface area contributed by atoms with Gasteiger partial charge >= 0.3 is 0 Å². The summed E-state index contributed by atoms with van der Waals surface area (Å²) < 4.78 is 0. The van der Waals surface area contributed by atoms with Gasteiger partial charge in [-0.05, 0) is 24.3 Å². The predicted octanol–water partition coefficient (Wildman–Crippen LogP) is 4.03. The van der Waals surface area contributed by atoms with Crippen LogP contribution >= 0.6 is 23.2 Å². The average molecular weight is 305 g/mol. The average Bonchev–Trinajstić information content (AvgIpc) is 2.80. The smallest absolute Gasteiger partial charge is 0.153 e. The molecule has 20 heavy (non-hydrogen) atoms. The van der Waals surface area contributed by atoms with E-state index < -0.39 is 0 Å². The molecule has 0 aliphatic carbocycles. The number of rotatable bonds is 2. The SMILES string of the molecule is Nc1n[nH]c(-c2cc(Cl)cc(Cl)c2)c1-c1cccnc1. The molecule has 6 heteroatoms. The molecule has 4 nitrogen and oxygen atoms in total. The highest BCUT2D eigenvalue weighted by Crippen LogP contribution is 2.36. The van der Waals surface area contributed by atoms with Gasteiger partial charge in [-0.2, -0.15) is 5.10 Å². The monoisotopic (exact) mass is 304 g/mol. The number of nitrogen functional groups attached to an aromatic ring is 1. The fourth-order valence-corrected chi connectivity index (χ4v) is 2.59. The summed E-state index contributed by atoms with van der Waals surface area (Å²) in [5, 5.41) is 8.10. The Morgan fingerprint density at radius 2 is 1.80 bits per heavy atom. The van der Waals surface area contributed by atoms with Crippen LogP contribution in [0.3, 0.4) is 0 Å². The molecule has 0 fully saturated rings. The first-order chi connectivity index (χ1) is 9.65. The van der Waals surface area contributed by atoms with Crippen LogP contribution in [0.2, 0.25) is 10.0 Å². The first-order valence-electron chi connectivity index (χ1n) is 5.86. The summed E-state index contributed by atoms with van der Waals surface area (Å²) >= 11 is 12.1. The van der Waals surface area contributed by atoms with E-state index in [1.54, 1.807) is 30.6 Å². The highest BCUT2D eigenvalue weighted by Gasteiger charge is 2.15. The number of H-pyrrole nitrogens is 1. The molecule has 0 saturated heterocycles. The number of anilines is 1. The number of nitrogens with zero attached hydrogens (tertiary/aromatic N) is 2. The van der Waals surface area contributed by atoms with Crippen molar-refractivity contribution in [1.29, 1.82) is 0 Å². The van der Waals surface area contributed by atoms with Crippen molar-refractivity contribution in [3.8, 4) is 22.4 Å². The van der Waals surface area contributed by atoms with E-state index >= 15 is 0 Å². The summed E-state index contributed by atoms with van der Waals surface area (Å²) in [4.78, 5) is 4.10. The van der Waals surface area contributed by atoms with Crippen molar-refractivity contribution in [2.75, 3.05) is 5.73 Å². The highest BCUT2D eigenvalue weighted by atomic mass is 35.5. The third-order valence-electron chi connectivity index (χ3n) is 2.90. The molecule has 0 aliphatic heterocycles. The third-order valence-corrected chi connectivity index (χ3v) is 3.33. The number of benzene rings is 1. The molecule has 0 aliphatic rings. The number of nitrogens with two attached hydrogens (primary N) is 1. The number of pyridine rings is 1. The van der Waals surface area contributed by atoms with Gasteiger partial charge in [0, 0.05) is 33.6 Å². The molecule has 0 radical (unpaired) electrons.